The molecule has 0 radical (unpaired) electrons. The Morgan fingerprint density at radius 2 is 2.13 bits per heavy atom. The molecule has 3 aromatic rings. The van der Waals surface area contributed by atoms with Crippen LogP contribution in [0.1, 0.15) is 43.8 Å². The molecule has 8 heteroatoms. The fourth-order valence-electron chi connectivity index (χ4n) is 3.07. The molecular formula is C22H23N5O3. The zero-order valence-corrected chi connectivity index (χ0v) is 17.2. The number of morpholine rings is 1. The summed E-state index contributed by atoms with van der Waals surface area (Å²) in [6, 6.07) is 7.42. The number of amides is 1. The summed E-state index contributed by atoms with van der Waals surface area (Å²) in [4.78, 5) is 23.0. The Morgan fingerprint density at radius 1 is 1.27 bits per heavy atom. The lowest BCUT2D eigenvalue weighted by Gasteiger charge is -2.34. The van der Waals surface area contributed by atoms with Crippen molar-refractivity contribution in [1.82, 2.24) is 24.5 Å². The molecule has 1 atom stereocenters. The van der Waals surface area contributed by atoms with Crippen molar-refractivity contribution >= 4 is 11.7 Å². The molecule has 3 aromatic heterocycles. The van der Waals surface area contributed by atoms with E-state index in [4.69, 9.17) is 9.47 Å². The van der Waals surface area contributed by atoms with Crippen molar-refractivity contribution < 1.29 is 14.3 Å². The summed E-state index contributed by atoms with van der Waals surface area (Å²) in [5, 5.41) is 4.23. The molecule has 1 aliphatic heterocycles. The topological polar surface area (TPSA) is 81.8 Å². The fourth-order valence-corrected chi connectivity index (χ4v) is 3.07. The Labute approximate surface area is 174 Å². The van der Waals surface area contributed by atoms with Gasteiger partial charge in [0.15, 0.2) is 5.65 Å². The lowest BCUT2D eigenvalue weighted by Crippen LogP contribution is -2.44. The number of nitrogens with zero attached hydrogens (tertiary/aromatic N) is 5. The van der Waals surface area contributed by atoms with Crippen LogP contribution in [0, 0.1) is 11.8 Å². The van der Waals surface area contributed by atoms with E-state index < -0.39 is 5.60 Å². The molecule has 0 aliphatic carbocycles. The first-order valence-corrected chi connectivity index (χ1v) is 9.76. The van der Waals surface area contributed by atoms with Crippen molar-refractivity contribution in [2.45, 2.75) is 32.5 Å². The van der Waals surface area contributed by atoms with Gasteiger partial charge in [0, 0.05) is 18.9 Å². The molecule has 4 heterocycles. The number of hydrogen-bond donors (Lipinski definition) is 0. The predicted octanol–water partition coefficient (Wildman–Crippen LogP) is 2.83. The minimum Gasteiger partial charge on any atom is -0.444 e. The first-order chi connectivity index (χ1) is 14.4. The molecule has 1 aliphatic rings. The van der Waals surface area contributed by atoms with Crippen molar-refractivity contribution in [2.24, 2.45) is 0 Å². The summed E-state index contributed by atoms with van der Waals surface area (Å²) < 4.78 is 13.0. The SMILES string of the molecule is CC(C)(C)OC(=O)N1CCOC(c2cccc(C#Cc3cnn4cccnc34)n2)C1. The van der Waals surface area contributed by atoms with Crippen LogP contribution in [0.4, 0.5) is 4.79 Å². The maximum absolute atomic E-state index is 12.4. The number of aromatic nitrogens is 4. The third-order valence-electron chi connectivity index (χ3n) is 4.42. The second kappa shape index (κ2) is 8.13. The highest BCUT2D eigenvalue weighted by Gasteiger charge is 2.29. The van der Waals surface area contributed by atoms with Crippen LogP contribution in [0.5, 0.6) is 0 Å². The number of carbonyl (C=O) groups excluding carboxylic acids is 1. The quantitative estimate of drug-likeness (QED) is 0.579. The summed E-state index contributed by atoms with van der Waals surface area (Å²) in [7, 11) is 0. The van der Waals surface area contributed by atoms with Gasteiger partial charge in [0.1, 0.15) is 17.4 Å². The summed E-state index contributed by atoms with van der Waals surface area (Å²) in [6.07, 6.45) is 4.54. The van der Waals surface area contributed by atoms with Gasteiger partial charge in [0.2, 0.25) is 0 Å². The number of pyridine rings is 1. The molecule has 1 fully saturated rings. The van der Waals surface area contributed by atoms with Crippen LogP contribution in [0.15, 0.2) is 42.9 Å². The normalized spacial score (nSPS) is 16.8. The van der Waals surface area contributed by atoms with Gasteiger partial charge in [-0.1, -0.05) is 12.0 Å². The third kappa shape index (κ3) is 4.58. The molecule has 1 saturated heterocycles. The Balaban J connectivity index is 1.50. The Hall–Kier alpha value is -3.44. The van der Waals surface area contributed by atoms with E-state index in [1.807, 2.05) is 51.2 Å². The van der Waals surface area contributed by atoms with Gasteiger partial charge in [0.25, 0.3) is 0 Å². The summed E-state index contributed by atoms with van der Waals surface area (Å²) in [6.45, 7) is 6.86. The van der Waals surface area contributed by atoms with Crippen molar-refractivity contribution in [3.63, 3.8) is 0 Å². The largest absolute Gasteiger partial charge is 0.444 e. The Kier molecular flexibility index (Phi) is 5.38. The van der Waals surface area contributed by atoms with Gasteiger partial charge >= 0.3 is 6.09 Å². The number of hydrogen-bond acceptors (Lipinski definition) is 6. The summed E-state index contributed by atoms with van der Waals surface area (Å²) in [5.74, 6) is 6.15. The standard InChI is InChI=1S/C22H23N5O3/c1-22(2,3)30-21(28)26-12-13-29-19(15-26)18-7-4-6-17(25-18)9-8-16-14-24-27-11-5-10-23-20(16)27/h4-7,10-11,14,19H,12-13,15H2,1-3H3. The van der Waals surface area contributed by atoms with E-state index in [9.17, 15) is 4.79 Å². The average molecular weight is 405 g/mol. The van der Waals surface area contributed by atoms with Crippen molar-refractivity contribution in [1.29, 1.82) is 0 Å². The highest BCUT2D eigenvalue weighted by molar-refractivity contribution is 5.68. The molecule has 30 heavy (non-hydrogen) atoms. The maximum atomic E-state index is 12.4. The third-order valence-corrected chi connectivity index (χ3v) is 4.42. The molecule has 0 aromatic carbocycles. The summed E-state index contributed by atoms with van der Waals surface area (Å²) in [5.41, 5.74) is 2.23. The number of ether oxygens (including phenoxy) is 2. The van der Waals surface area contributed by atoms with Crippen LogP contribution < -0.4 is 0 Å². The van der Waals surface area contributed by atoms with Gasteiger partial charge in [-0.3, -0.25) is 0 Å². The van der Waals surface area contributed by atoms with Crippen LogP contribution >= 0.6 is 0 Å². The molecule has 154 valence electrons. The van der Waals surface area contributed by atoms with E-state index in [0.717, 1.165) is 11.3 Å². The van der Waals surface area contributed by atoms with E-state index in [2.05, 4.69) is 26.9 Å². The smallest absolute Gasteiger partial charge is 0.410 e. The molecule has 0 saturated carbocycles. The minimum absolute atomic E-state index is 0.327. The van der Waals surface area contributed by atoms with Gasteiger partial charge in [0.05, 0.1) is 30.6 Å². The van der Waals surface area contributed by atoms with Crippen molar-refractivity contribution in [3.8, 4) is 11.8 Å². The van der Waals surface area contributed by atoms with Gasteiger partial charge in [-0.05, 0) is 44.9 Å². The average Bonchev–Trinajstić information content (AvgIpc) is 3.14. The van der Waals surface area contributed by atoms with Crippen molar-refractivity contribution in [2.75, 3.05) is 19.7 Å². The maximum Gasteiger partial charge on any atom is 0.410 e. The lowest BCUT2D eigenvalue weighted by molar-refractivity contribution is -0.0447. The van der Waals surface area contributed by atoms with Crippen LogP contribution in [-0.4, -0.2) is 55.9 Å². The second-order valence-electron chi connectivity index (χ2n) is 7.93. The first kappa shape index (κ1) is 19.9. The Bertz CT molecular complexity index is 1120. The van der Waals surface area contributed by atoms with Crippen LogP contribution in [0.2, 0.25) is 0 Å². The molecule has 4 rings (SSSR count). The van der Waals surface area contributed by atoms with Crippen LogP contribution in [0.3, 0.4) is 0 Å². The van der Waals surface area contributed by atoms with Crippen molar-refractivity contribution in [3.05, 3.63) is 59.8 Å². The van der Waals surface area contributed by atoms with E-state index >= 15 is 0 Å². The monoisotopic (exact) mass is 405 g/mol. The van der Waals surface area contributed by atoms with E-state index in [1.54, 1.807) is 21.8 Å². The molecule has 8 nitrogen and oxygen atoms in total. The molecule has 0 spiro atoms. The highest BCUT2D eigenvalue weighted by Crippen LogP contribution is 2.22. The molecule has 1 amide bonds. The Morgan fingerprint density at radius 3 is 2.97 bits per heavy atom. The van der Waals surface area contributed by atoms with E-state index in [-0.39, 0.29) is 12.2 Å². The van der Waals surface area contributed by atoms with E-state index in [0.29, 0.717) is 31.0 Å². The number of rotatable bonds is 1. The van der Waals surface area contributed by atoms with Gasteiger partial charge < -0.3 is 14.4 Å². The minimum atomic E-state index is -0.536. The molecular weight excluding hydrogens is 382 g/mol. The number of carbonyl (C=O) groups is 1. The van der Waals surface area contributed by atoms with Crippen LogP contribution in [-0.2, 0) is 9.47 Å². The zero-order valence-electron chi connectivity index (χ0n) is 17.2. The first-order valence-electron chi connectivity index (χ1n) is 9.76. The molecule has 0 N–H and O–H groups in total. The summed E-state index contributed by atoms with van der Waals surface area (Å²) >= 11 is 0. The highest BCUT2D eigenvalue weighted by atomic mass is 16.6. The molecule has 0 bridgehead atoms. The fraction of sp³-hybridized carbons (Fsp3) is 0.364. The predicted molar refractivity (Wildman–Crippen MR) is 110 cm³/mol. The van der Waals surface area contributed by atoms with Gasteiger partial charge in [-0.2, -0.15) is 5.10 Å². The van der Waals surface area contributed by atoms with Crippen LogP contribution in [0.25, 0.3) is 5.65 Å². The lowest BCUT2D eigenvalue weighted by atomic mass is 10.1. The number of fused-ring (bicyclic) bond motifs is 1. The van der Waals surface area contributed by atoms with Gasteiger partial charge in [-0.15, -0.1) is 0 Å². The molecule has 1 unspecified atom stereocenters. The van der Waals surface area contributed by atoms with E-state index in [1.165, 1.54) is 0 Å². The van der Waals surface area contributed by atoms with Gasteiger partial charge in [-0.25, -0.2) is 19.3 Å². The zero-order chi connectivity index (χ0) is 21.1. The second-order valence-corrected chi connectivity index (χ2v) is 7.93.